The highest BCUT2D eigenvalue weighted by atomic mass is 16.5. The number of aryl methyl sites for hydroxylation is 2. The summed E-state index contributed by atoms with van der Waals surface area (Å²) < 4.78 is 13.0. The van der Waals surface area contributed by atoms with Gasteiger partial charge in [0.2, 0.25) is 0 Å². The minimum absolute atomic E-state index is 0.639. The highest BCUT2D eigenvalue weighted by Crippen LogP contribution is 2.34. The smallest absolute Gasteiger partial charge is 0.161 e. The van der Waals surface area contributed by atoms with Gasteiger partial charge in [0, 0.05) is 25.2 Å². The third-order valence-corrected chi connectivity index (χ3v) is 3.65. The maximum atomic E-state index is 10.6. The average molecular weight is 288 g/mol. The molecule has 1 atom stereocenters. The van der Waals surface area contributed by atoms with Crippen molar-refractivity contribution in [3.05, 3.63) is 41.2 Å². The van der Waals surface area contributed by atoms with Crippen molar-refractivity contribution in [3.63, 3.8) is 0 Å². The first kappa shape index (κ1) is 13.9. The Balaban J connectivity index is 1.94. The second-order valence-electron chi connectivity index (χ2n) is 5.22. The zero-order valence-electron chi connectivity index (χ0n) is 12.4. The molecule has 2 aromatic rings. The molecule has 1 N–H and O–H groups in total. The van der Waals surface area contributed by atoms with E-state index in [1.54, 1.807) is 4.68 Å². The Hall–Kier alpha value is -2.01. The number of rotatable bonds is 3. The summed E-state index contributed by atoms with van der Waals surface area (Å²) in [4.78, 5) is 0. The number of aromatic nitrogens is 2. The van der Waals surface area contributed by atoms with Gasteiger partial charge in [-0.05, 0) is 24.1 Å². The number of benzene rings is 1. The van der Waals surface area contributed by atoms with Crippen molar-refractivity contribution >= 4 is 0 Å². The topological polar surface area (TPSA) is 56.5 Å². The van der Waals surface area contributed by atoms with Crippen LogP contribution in [0.3, 0.4) is 0 Å². The van der Waals surface area contributed by atoms with Crippen LogP contribution in [0.15, 0.2) is 24.4 Å². The van der Waals surface area contributed by atoms with E-state index >= 15 is 0 Å². The van der Waals surface area contributed by atoms with E-state index in [1.807, 2.05) is 38.4 Å². The predicted octanol–water partition coefficient (Wildman–Crippen LogP) is 2.23. The van der Waals surface area contributed by atoms with Gasteiger partial charge in [0.05, 0.1) is 18.9 Å². The van der Waals surface area contributed by atoms with E-state index in [9.17, 15) is 5.11 Å². The van der Waals surface area contributed by atoms with Gasteiger partial charge in [-0.15, -0.1) is 0 Å². The van der Waals surface area contributed by atoms with E-state index in [0.29, 0.717) is 19.0 Å². The van der Waals surface area contributed by atoms with Crippen LogP contribution >= 0.6 is 0 Å². The summed E-state index contributed by atoms with van der Waals surface area (Å²) in [6.07, 6.45) is 2.82. The van der Waals surface area contributed by atoms with Gasteiger partial charge in [0.15, 0.2) is 11.5 Å². The van der Waals surface area contributed by atoms with Crippen LogP contribution in [0.1, 0.15) is 36.3 Å². The molecular weight excluding hydrogens is 268 g/mol. The molecule has 0 bridgehead atoms. The molecule has 112 valence electrons. The zero-order chi connectivity index (χ0) is 14.8. The fraction of sp³-hybridized carbons (Fsp3) is 0.438. The zero-order valence-corrected chi connectivity index (χ0v) is 12.4. The fourth-order valence-corrected chi connectivity index (χ4v) is 2.59. The molecule has 0 saturated carbocycles. The number of fused-ring (bicyclic) bond motifs is 1. The molecule has 0 fully saturated rings. The number of aliphatic hydroxyl groups excluding tert-OH is 1. The second-order valence-corrected chi connectivity index (χ2v) is 5.22. The van der Waals surface area contributed by atoms with Crippen LogP contribution < -0.4 is 9.47 Å². The largest absolute Gasteiger partial charge is 0.490 e. The first-order valence-corrected chi connectivity index (χ1v) is 7.29. The van der Waals surface area contributed by atoms with E-state index in [1.165, 1.54) is 0 Å². The van der Waals surface area contributed by atoms with Crippen LogP contribution in [-0.4, -0.2) is 28.1 Å². The molecule has 0 spiro atoms. The third kappa shape index (κ3) is 2.74. The standard InChI is InChI=1S/C16H20N2O3/c1-3-13-12(10-18(2)17-13)16(19)11-5-6-14-15(9-11)21-8-4-7-20-14/h5-6,9-10,16,19H,3-4,7-8H2,1-2H3. The summed E-state index contributed by atoms with van der Waals surface area (Å²) in [7, 11) is 1.86. The summed E-state index contributed by atoms with van der Waals surface area (Å²) in [5.41, 5.74) is 2.55. The molecule has 0 saturated heterocycles. The van der Waals surface area contributed by atoms with E-state index in [4.69, 9.17) is 9.47 Å². The lowest BCUT2D eigenvalue weighted by molar-refractivity contribution is 0.218. The highest BCUT2D eigenvalue weighted by molar-refractivity contribution is 5.46. The van der Waals surface area contributed by atoms with Gasteiger partial charge in [-0.3, -0.25) is 4.68 Å². The van der Waals surface area contributed by atoms with Gasteiger partial charge >= 0.3 is 0 Å². The van der Waals surface area contributed by atoms with Gasteiger partial charge in [0.25, 0.3) is 0 Å². The van der Waals surface area contributed by atoms with Gasteiger partial charge in [0.1, 0.15) is 6.10 Å². The molecule has 1 unspecified atom stereocenters. The predicted molar refractivity (Wildman–Crippen MR) is 78.7 cm³/mol. The molecule has 0 aliphatic carbocycles. The molecule has 5 nitrogen and oxygen atoms in total. The minimum atomic E-state index is -0.703. The molecule has 3 rings (SSSR count). The maximum absolute atomic E-state index is 10.6. The van der Waals surface area contributed by atoms with Crippen molar-refractivity contribution in [3.8, 4) is 11.5 Å². The maximum Gasteiger partial charge on any atom is 0.161 e. The van der Waals surface area contributed by atoms with Gasteiger partial charge in [-0.25, -0.2) is 0 Å². The number of nitrogens with zero attached hydrogens (tertiary/aromatic N) is 2. The van der Waals surface area contributed by atoms with E-state index in [2.05, 4.69) is 5.10 Å². The molecule has 0 amide bonds. The summed E-state index contributed by atoms with van der Waals surface area (Å²) in [6.45, 7) is 3.34. The highest BCUT2D eigenvalue weighted by Gasteiger charge is 2.19. The first-order chi connectivity index (χ1) is 10.2. The average Bonchev–Trinajstić information content (AvgIpc) is 2.72. The molecule has 5 heteroatoms. The lowest BCUT2D eigenvalue weighted by Crippen LogP contribution is -2.03. The Bertz CT molecular complexity index is 636. The number of aliphatic hydroxyl groups is 1. The van der Waals surface area contributed by atoms with Gasteiger partial charge in [-0.1, -0.05) is 13.0 Å². The summed E-state index contributed by atoms with van der Waals surface area (Å²) >= 11 is 0. The summed E-state index contributed by atoms with van der Waals surface area (Å²) in [6, 6.07) is 5.60. The van der Waals surface area contributed by atoms with E-state index < -0.39 is 6.10 Å². The lowest BCUT2D eigenvalue weighted by Gasteiger charge is -2.14. The summed E-state index contributed by atoms with van der Waals surface area (Å²) in [5.74, 6) is 1.44. The SMILES string of the molecule is CCc1nn(C)cc1C(O)c1ccc2c(c1)OCCCO2. The normalized spacial score (nSPS) is 15.6. The first-order valence-electron chi connectivity index (χ1n) is 7.29. The molecular formula is C16H20N2O3. The van der Waals surface area contributed by atoms with E-state index in [-0.39, 0.29) is 0 Å². The van der Waals surface area contributed by atoms with Crippen LogP contribution in [0.4, 0.5) is 0 Å². The van der Waals surface area contributed by atoms with Crippen LogP contribution in [0.5, 0.6) is 11.5 Å². The molecule has 1 aliphatic rings. The molecule has 0 radical (unpaired) electrons. The fourth-order valence-electron chi connectivity index (χ4n) is 2.59. The number of hydrogen-bond donors (Lipinski definition) is 1. The Morgan fingerprint density at radius 1 is 1.29 bits per heavy atom. The number of ether oxygens (including phenoxy) is 2. The van der Waals surface area contributed by atoms with Crippen LogP contribution in [0, 0.1) is 0 Å². The van der Waals surface area contributed by atoms with Gasteiger partial charge < -0.3 is 14.6 Å². The Morgan fingerprint density at radius 2 is 2.05 bits per heavy atom. The monoisotopic (exact) mass is 288 g/mol. The summed E-state index contributed by atoms with van der Waals surface area (Å²) in [5, 5.41) is 15.0. The van der Waals surface area contributed by atoms with Crippen molar-refractivity contribution in [1.29, 1.82) is 0 Å². The van der Waals surface area contributed by atoms with Crippen LogP contribution in [-0.2, 0) is 13.5 Å². The van der Waals surface area contributed by atoms with Crippen molar-refractivity contribution in [2.24, 2.45) is 7.05 Å². The second kappa shape index (κ2) is 5.77. The minimum Gasteiger partial charge on any atom is -0.490 e. The van der Waals surface area contributed by atoms with E-state index in [0.717, 1.165) is 35.4 Å². The van der Waals surface area contributed by atoms with Crippen molar-refractivity contribution < 1.29 is 14.6 Å². The molecule has 1 aliphatic heterocycles. The van der Waals surface area contributed by atoms with Gasteiger partial charge in [-0.2, -0.15) is 5.10 Å². The quantitative estimate of drug-likeness (QED) is 0.941. The van der Waals surface area contributed by atoms with Crippen molar-refractivity contribution in [2.75, 3.05) is 13.2 Å². The Labute approximate surface area is 124 Å². The molecule has 1 aromatic heterocycles. The Kier molecular flexibility index (Phi) is 3.84. The van der Waals surface area contributed by atoms with Crippen molar-refractivity contribution in [1.82, 2.24) is 9.78 Å². The lowest BCUT2D eigenvalue weighted by atomic mass is 10.0. The van der Waals surface area contributed by atoms with Crippen LogP contribution in [0.2, 0.25) is 0 Å². The number of hydrogen-bond acceptors (Lipinski definition) is 4. The van der Waals surface area contributed by atoms with Crippen LogP contribution in [0.25, 0.3) is 0 Å². The van der Waals surface area contributed by atoms with Crippen molar-refractivity contribution in [2.45, 2.75) is 25.9 Å². The Morgan fingerprint density at radius 3 is 2.81 bits per heavy atom. The molecule has 21 heavy (non-hydrogen) atoms. The molecule has 2 heterocycles. The third-order valence-electron chi connectivity index (χ3n) is 3.65. The molecule has 1 aromatic carbocycles.